The summed E-state index contributed by atoms with van der Waals surface area (Å²) in [6.07, 6.45) is 2.64. The van der Waals surface area contributed by atoms with Gasteiger partial charge >= 0.3 is 5.97 Å². The number of amides is 1. The third-order valence-electron chi connectivity index (χ3n) is 2.23. The zero-order chi connectivity index (χ0) is 13.3. The number of thioether (sulfide) groups is 1. The molecule has 0 aromatic rings. The predicted molar refractivity (Wildman–Crippen MR) is 68.2 cm³/mol. The number of hydrogen-bond donors (Lipinski definition) is 2. The zero-order valence-electron chi connectivity index (χ0n) is 10.6. The predicted octanol–water partition coefficient (Wildman–Crippen LogP) is 0.981. The molecule has 2 N–H and O–H groups in total. The summed E-state index contributed by atoms with van der Waals surface area (Å²) in [5.41, 5.74) is 0. The average Bonchev–Trinajstić information content (AvgIpc) is 2.23. The van der Waals surface area contributed by atoms with E-state index in [1.54, 1.807) is 18.9 Å². The Kier molecular flexibility index (Phi) is 8.89. The zero-order valence-corrected chi connectivity index (χ0v) is 11.4. The quantitative estimate of drug-likeness (QED) is 0.648. The number of rotatable bonds is 9. The van der Waals surface area contributed by atoms with Gasteiger partial charge in [-0.2, -0.15) is 11.8 Å². The number of carbonyl (C=O) groups is 2. The molecule has 0 aliphatic heterocycles. The molecule has 0 rings (SSSR count). The summed E-state index contributed by atoms with van der Waals surface area (Å²) >= 11 is 1.56. The largest absolute Gasteiger partial charge is 0.480 e. The first kappa shape index (κ1) is 16.2. The highest BCUT2D eigenvalue weighted by Gasteiger charge is 2.20. The van der Waals surface area contributed by atoms with E-state index < -0.39 is 12.0 Å². The van der Waals surface area contributed by atoms with Crippen molar-refractivity contribution in [2.24, 2.45) is 5.92 Å². The van der Waals surface area contributed by atoms with Gasteiger partial charge in [0.2, 0.25) is 5.91 Å². The van der Waals surface area contributed by atoms with E-state index in [2.05, 4.69) is 5.32 Å². The summed E-state index contributed by atoms with van der Waals surface area (Å²) in [7, 11) is 1.58. The Balaban J connectivity index is 4.07. The van der Waals surface area contributed by atoms with Gasteiger partial charge in [0.15, 0.2) is 0 Å². The van der Waals surface area contributed by atoms with E-state index in [0.717, 1.165) is 0 Å². The summed E-state index contributed by atoms with van der Waals surface area (Å²) in [5, 5.41) is 11.5. The van der Waals surface area contributed by atoms with Gasteiger partial charge in [-0.1, -0.05) is 6.92 Å². The molecule has 1 amide bonds. The molecule has 5 nitrogen and oxygen atoms in total. The van der Waals surface area contributed by atoms with E-state index in [0.29, 0.717) is 18.8 Å². The Morgan fingerprint density at radius 2 is 2.12 bits per heavy atom. The van der Waals surface area contributed by atoms with Crippen molar-refractivity contribution in [2.75, 3.05) is 25.7 Å². The van der Waals surface area contributed by atoms with Crippen LogP contribution in [0.25, 0.3) is 0 Å². The van der Waals surface area contributed by atoms with Crippen molar-refractivity contribution < 1.29 is 19.4 Å². The van der Waals surface area contributed by atoms with E-state index >= 15 is 0 Å². The summed E-state index contributed by atoms with van der Waals surface area (Å²) < 4.78 is 4.92. The standard InChI is InChI=1S/C11H21NO4S/c1-8(7-16-2)6-10(13)12-9(11(14)15)4-5-17-3/h8-9H,4-7H2,1-3H3,(H,12,13)(H,14,15). The Morgan fingerprint density at radius 3 is 2.59 bits per heavy atom. The second-order valence-electron chi connectivity index (χ2n) is 4.00. The van der Waals surface area contributed by atoms with Gasteiger partial charge < -0.3 is 15.2 Å². The van der Waals surface area contributed by atoms with E-state index in [1.807, 2.05) is 13.2 Å². The first-order valence-corrected chi connectivity index (χ1v) is 6.90. The molecule has 2 unspecified atom stereocenters. The van der Waals surface area contributed by atoms with Crippen molar-refractivity contribution in [1.29, 1.82) is 0 Å². The second-order valence-corrected chi connectivity index (χ2v) is 4.99. The second kappa shape index (κ2) is 9.30. The lowest BCUT2D eigenvalue weighted by molar-refractivity contribution is -0.142. The molecule has 2 atom stereocenters. The molecule has 0 fully saturated rings. The molecule has 0 bridgehead atoms. The number of hydrogen-bond acceptors (Lipinski definition) is 4. The van der Waals surface area contributed by atoms with Crippen LogP contribution in [0.1, 0.15) is 19.8 Å². The van der Waals surface area contributed by atoms with E-state index in [4.69, 9.17) is 9.84 Å². The van der Waals surface area contributed by atoms with Gasteiger partial charge in [0, 0.05) is 20.1 Å². The van der Waals surface area contributed by atoms with Crippen molar-refractivity contribution in [3.63, 3.8) is 0 Å². The van der Waals surface area contributed by atoms with Crippen LogP contribution in [0.15, 0.2) is 0 Å². The van der Waals surface area contributed by atoms with Gasteiger partial charge in [0.25, 0.3) is 0 Å². The lowest BCUT2D eigenvalue weighted by Crippen LogP contribution is -2.41. The smallest absolute Gasteiger partial charge is 0.326 e. The Bertz CT molecular complexity index is 248. The van der Waals surface area contributed by atoms with Crippen molar-refractivity contribution in [3.8, 4) is 0 Å². The molecular weight excluding hydrogens is 242 g/mol. The fourth-order valence-electron chi connectivity index (χ4n) is 1.41. The molecule has 0 saturated heterocycles. The first-order chi connectivity index (χ1) is 8.01. The van der Waals surface area contributed by atoms with Crippen molar-refractivity contribution >= 4 is 23.6 Å². The number of carbonyl (C=O) groups excluding carboxylic acids is 1. The maximum absolute atomic E-state index is 11.6. The third-order valence-corrected chi connectivity index (χ3v) is 2.87. The molecule has 0 aliphatic carbocycles. The van der Waals surface area contributed by atoms with E-state index in [1.165, 1.54) is 0 Å². The van der Waals surface area contributed by atoms with Crippen molar-refractivity contribution in [2.45, 2.75) is 25.8 Å². The van der Waals surface area contributed by atoms with Crippen LogP contribution in [0, 0.1) is 5.92 Å². The van der Waals surface area contributed by atoms with Crippen molar-refractivity contribution in [1.82, 2.24) is 5.32 Å². The number of carboxylic acids is 1. The minimum absolute atomic E-state index is 0.0926. The third kappa shape index (κ3) is 8.04. The van der Waals surface area contributed by atoms with Crippen LogP contribution in [-0.4, -0.2) is 48.8 Å². The van der Waals surface area contributed by atoms with E-state index in [9.17, 15) is 9.59 Å². The molecule has 17 heavy (non-hydrogen) atoms. The van der Waals surface area contributed by atoms with Gasteiger partial charge in [-0.25, -0.2) is 4.79 Å². The van der Waals surface area contributed by atoms with Gasteiger partial charge in [-0.15, -0.1) is 0 Å². The fourth-order valence-corrected chi connectivity index (χ4v) is 1.88. The van der Waals surface area contributed by atoms with Crippen LogP contribution in [0.5, 0.6) is 0 Å². The minimum Gasteiger partial charge on any atom is -0.480 e. The molecule has 0 aromatic heterocycles. The lowest BCUT2D eigenvalue weighted by atomic mass is 10.1. The molecule has 0 aromatic carbocycles. The normalized spacial score (nSPS) is 14.1. The van der Waals surface area contributed by atoms with Gasteiger partial charge in [0.1, 0.15) is 6.04 Å². The van der Waals surface area contributed by atoms with Crippen LogP contribution in [0.4, 0.5) is 0 Å². The van der Waals surface area contributed by atoms with Crippen LogP contribution in [-0.2, 0) is 14.3 Å². The van der Waals surface area contributed by atoms with Gasteiger partial charge in [-0.05, 0) is 24.3 Å². The SMILES string of the molecule is COCC(C)CC(=O)NC(CCSC)C(=O)O. The van der Waals surface area contributed by atoms with Crippen LogP contribution >= 0.6 is 11.8 Å². The molecule has 100 valence electrons. The van der Waals surface area contributed by atoms with Gasteiger partial charge in [-0.3, -0.25) is 4.79 Å². The topological polar surface area (TPSA) is 75.6 Å². The number of aliphatic carboxylic acids is 1. The monoisotopic (exact) mass is 263 g/mol. The summed E-state index contributed by atoms with van der Waals surface area (Å²) in [6.45, 7) is 2.39. The summed E-state index contributed by atoms with van der Waals surface area (Å²) in [5.74, 6) is -0.407. The summed E-state index contributed by atoms with van der Waals surface area (Å²) in [6, 6.07) is -0.787. The molecular formula is C11H21NO4S. The van der Waals surface area contributed by atoms with E-state index in [-0.39, 0.29) is 18.2 Å². The fraction of sp³-hybridized carbons (Fsp3) is 0.818. The molecule has 0 aliphatic rings. The highest BCUT2D eigenvalue weighted by molar-refractivity contribution is 7.98. The Morgan fingerprint density at radius 1 is 1.47 bits per heavy atom. The number of nitrogens with one attached hydrogen (secondary N) is 1. The first-order valence-electron chi connectivity index (χ1n) is 5.51. The molecule has 0 radical (unpaired) electrons. The molecule has 0 saturated carbocycles. The number of carboxylic acid groups (broad SMARTS) is 1. The molecule has 0 heterocycles. The number of ether oxygens (including phenoxy) is 1. The molecule has 0 spiro atoms. The average molecular weight is 263 g/mol. The molecule has 6 heteroatoms. The van der Waals surface area contributed by atoms with Gasteiger partial charge in [0.05, 0.1) is 0 Å². The summed E-state index contributed by atoms with van der Waals surface area (Å²) in [4.78, 5) is 22.5. The van der Waals surface area contributed by atoms with Crippen LogP contribution in [0.3, 0.4) is 0 Å². The minimum atomic E-state index is -0.980. The Hall–Kier alpha value is -0.750. The maximum atomic E-state index is 11.6. The van der Waals surface area contributed by atoms with Crippen LogP contribution in [0.2, 0.25) is 0 Å². The van der Waals surface area contributed by atoms with Crippen LogP contribution < -0.4 is 5.32 Å². The highest BCUT2D eigenvalue weighted by Crippen LogP contribution is 2.05. The highest BCUT2D eigenvalue weighted by atomic mass is 32.2. The Labute approximate surface area is 106 Å². The lowest BCUT2D eigenvalue weighted by Gasteiger charge is -2.15. The maximum Gasteiger partial charge on any atom is 0.326 e. The van der Waals surface area contributed by atoms with Crippen molar-refractivity contribution in [3.05, 3.63) is 0 Å². The number of methoxy groups -OCH3 is 1.